The normalized spacial score (nSPS) is 10.3. The first-order chi connectivity index (χ1) is 13.2. The Morgan fingerprint density at radius 2 is 1.75 bits per heavy atom. The quantitative estimate of drug-likeness (QED) is 0.759. The van der Waals surface area contributed by atoms with Gasteiger partial charge in [0.1, 0.15) is 11.3 Å². The van der Waals surface area contributed by atoms with E-state index in [1.165, 1.54) is 20.0 Å². The molecule has 8 heteroatoms. The van der Waals surface area contributed by atoms with Gasteiger partial charge in [-0.15, -0.1) is 0 Å². The van der Waals surface area contributed by atoms with Gasteiger partial charge in [0.2, 0.25) is 5.91 Å². The van der Waals surface area contributed by atoms with Crippen molar-refractivity contribution in [3.63, 3.8) is 0 Å². The minimum absolute atomic E-state index is 0.104. The molecule has 0 saturated heterocycles. The summed E-state index contributed by atoms with van der Waals surface area (Å²) in [5, 5.41) is 2.68. The lowest BCUT2D eigenvalue weighted by molar-refractivity contribution is -0.136. The van der Waals surface area contributed by atoms with E-state index < -0.39 is 24.1 Å². The van der Waals surface area contributed by atoms with E-state index in [9.17, 15) is 19.2 Å². The Kier molecular flexibility index (Phi) is 6.70. The Bertz CT molecular complexity index is 920. The Morgan fingerprint density at radius 1 is 1.11 bits per heavy atom. The van der Waals surface area contributed by atoms with Crippen LogP contribution in [-0.2, 0) is 14.3 Å². The van der Waals surface area contributed by atoms with Gasteiger partial charge in [0.25, 0.3) is 5.91 Å². The van der Waals surface area contributed by atoms with E-state index in [1.54, 1.807) is 19.1 Å². The standard InChI is InChI=1S/C20H22N2O6/c1-12-5-7-15(8-6-12)21-16(23)10-22(4)17(24)11-27-20(26)19-13(2)9-18(25)28-14(19)3/h5-9H,10-11H2,1-4H3,(H,21,23). The fourth-order valence-corrected chi connectivity index (χ4v) is 2.51. The average Bonchev–Trinajstić information content (AvgIpc) is 2.60. The maximum Gasteiger partial charge on any atom is 0.342 e. The van der Waals surface area contributed by atoms with Crippen molar-refractivity contribution >= 4 is 23.5 Å². The van der Waals surface area contributed by atoms with Gasteiger partial charge in [-0.05, 0) is 38.5 Å². The highest BCUT2D eigenvalue weighted by Gasteiger charge is 2.20. The van der Waals surface area contributed by atoms with Crippen molar-refractivity contribution in [2.45, 2.75) is 20.8 Å². The zero-order chi connectivity index (χ0) is 20.8. The Morgan fingerprint density at radius 3 is 2.36 bits per heavy atom. The summed E-state index contributed by atoms with van der Waals surface area (Å²) < 4.78 is 9.88. The molecule has 0 atom stereocenters. The summed E-state index contributed by atoms with van der Waals surface area (Å²) in [6, 6.07) is 8.42. The first-order valence-corrected chi connectivity index (χ1v) is 8.56. The van der Waals surface area contributed by atoms with E-state index in [0.717, 1.165) is 10.5 Å². The fourth-order valence-electron chi connectivity index (χ4n) is 2.51. The minimum atomic E-state index is -0.774. The zero-order valence-corrected chi connectivity index (χ0v) is 16.2. The maximum atomic E-state index is 12.2. The van der Waals surface area contributed by atoms with Gasteiger partial charge < -0.3 is 19.4 Å². The largest absolute Gasteiger partial charge is 0.452 e. The van der Waals surface area contributed by atoms with Crippen molar-refractivity contribution in [3.05, 3.63) is 63.2 Å². The molecule has 0 saturated carbocycles. The van der Waals surface area contributed by atoms with Crippen molar-refractivity contribution in [3.8, 4) is 0 Å². The first kappa shape index (κ1) is 20.9. The van der Waals surface area contributed by atoms with E-state index in [1.807, 2.05) is 19.1 Å². The van der Waals surface area contributed by atoms with E-state index in [-0.39, 0.29) is 23.8 Å². The van der Waals surface area contributed by atoms with Crippen molar-refractivity contribution < 1.29 is 23.5 Å². The molecule has 1 heterocycles. The second kappa shape index (κ2) is 8.98. The van der Waals surface area contributed by atoms with Crippen LogP contribution >= 0.6 is 0 Å². The second-order valence-electron chi connectivity index (χ2n) is 6.42. The topological polar surface area (TPSA) is 106 Å². The van der Waals surface area contributed by atoms with Gasteiger partial charge in [0.05, 0.1) is 6.54 Å². The number of esters is 1. The number of carbonyl (C=O) groups excluding carboxylic acids is 3. The number of likely N-dealkylation sites (N-methyl/N-ethyl adjacent to an activating group) is 1. The van der Waals surface area contributed by atoms with Crippen LogP contribution in [0.3, 0.4) is 0 Å². The molecule has 0 aliphatic rings. The number of ether oxygens (including phenoxy) is 1. The van der Waals surface area contributed by atoms with Crippen LogP contribution in [0.4, 0.5) is 5.69 Å². The molecule has 0 spiro atoms. The predicted molar refractivity (Wildman–Crippen MR) is 102 cm³/mol. The van der Waals surface area contributed by atoms with Crippen molar-refractivity contribution in [2.75, 3.05) is 25.5 Å². The molecule has 2 rings (SSSR count). The van der Waals surface area contributed by atoms with Gasteiger partial charge >= 0.3 is 11.6 Å². The summed E-state index contributed by atoms with van der Waals surface area (Å²) in [6.07, 6.45) is 0. The van der Waals surface area contributed by atoms with Crippen molar-refractivity contribution in [2.24, 2.45) is 0 Å². The number of carbonyl (C=O) groups is 3. The molecular weight excluding hydrogens is 364 g/mol. The molecule has 1 N–H and O–H groups in total. The van der Waals surface area contributed by atoms with Gasteiger partial charge in [0, 0.05) is 18.8 Å². The highest BCUT2D eigenvalue weighted by Crippen LogP contribution is 2.12. The van der Waals surface area contributed by atoms with E-state index in [0.29, 0.717) is 11.3 Å². The van der Waals surface area contributed by atoms with E-state index in [2.05, 4.69) is 5.32 Å². The number of amides is 2. The molecule has 1 aromatic heterocycles. The minimum Gasteiger partial charge on any atom is -0.452 e. The molecule has 0 bridgehead atoms. The van der Waals surface area contributed by atoms with Crippen LogP contribution in [-0.4, -0.2) is 42.9 Å². The smallest absolute Gasteiger partial charge is 0.342 e. The molecule has 28 heavy (non-hydrogen) atoms. The van der Waals surface area contributed by atoms with E-state index >= 15 is 0 Å². The molecule has 0 unspecified atom stereocenters. The molecule has 8 nitrogen and oxygen atoms in total. The molecule has 148 valence electrons. The highest BCUT2D eigenvalue weighted by atomic mass is 16.5. The summed E-state index contributed by atoms with van der Waals surface area (Å²) >= 11 is 0. The van der Waals surface area contributed by atoms with Crippen LogP contribution in [0.2, 0.25) is 0 Å². The lowest BCUT2D eigenvalue weighted by Crippen LogP contribution is -2.37. The van der Waals surface area contributed by atoms with Crippen LogP contribution < -0.4 is 10.9 Å². The molecule has 2 aromatic rings. The second-order valence-corrected chi connectivity index (χ2v) is 6.42. The van der Waals surface area contributed by atoms with Crippen LogP contribution in [0.1, 0.15) is 27.2 Å². The fraction of sp³-hybridized carbons (Fsp3) is 0.300. The van der Waals surface area contributed by atoms with Crippen molar-refractivity contribution in [1.29, 1.82) is 0 Å². The molecule has 1 aromatic carbocycles. The van der Waals surface area contributed by atoms with Crippen LogP contribution in [0, 0.1) is 20.8 Å². The summed E-state index contributed by atoms with van der Waals surface area (Å²) in [4.78, 5) is 48.8. The third-order valence-corrected chi connectivity index (χ3v) is 4.01. The molecule has 0 radical (unpaired) electrons. The van der Waals surface area contributed by atoms with Gasteiger partial charge in [-0.2, -0.15) is 0 Å². The first-order valence-electron chi connectivity index (χ1n) is 8.56. The summed E-state index contributed by atoms with van der Waals surface area (Å²) in [7, 11) is 1.43. The van der Waals surface area contributed by atoms with Crippen molar-refractivity contribution in [1.82, 2.24) is 4.90 Å². The number of nitrogens with one attached hydrogen (secondary N) is 1. The van der Waals surface area contributed by atoms with E-state index in [4.69, 9.17) is 9.15 Å². The lowest BCUT2D eigenvalue weighted by Gasteiger charge is -2.17. The number of hydrogen-bond acceptors (Lipinski definition) is 6. The highest BCUT2D eigenvalue weighted by molar-refractivity contribution is 5.96. The number of benzene rings is 1. The summed E-state index contributed by atoms with van der Waals surface area (Å²) in [5.74, 6) is -1.57. The predicted octanol–water partition coefficient (Wildman–Crippen LogP) is 1.82. The molecular formula is C20H22N2O6. The molecule has 0 fully saturated rings. The Labute approximate surface area is 162 Å². The third kappa shape index (κ3) is 5.54. The number of hydrogen-bond donors (Lipinski definition) is 1. The average molecular weight is 386 g/mol. The molecule has 0 aliphatic heterocycles. The number of aryl methyl sites for hydroxylation is 3. The summed E-state index contributed by atoms with van der Waals surface area (Å²) in [5.41, 5.74) is 1.63. The van der Waals surface area contributed by atoms with Gasteiger partial charge in [-0.25, -0.2) is 9.59 Å². The van der Waals surface area contributed by atoms with Gasteiger partial charge in [0.15, 0.2) is 6.61 Å². The van der Waals surface area contributed by atoms with Gasteiger partial charge in [-0.1, -0.05) is 17.7 Å². The maximum absolute atomic E-state index is 12.2. The zero-order valence-electron chi connectivity index (χ0n) is 16.2. The van der Waals surface area contributed by atoms with Crippen LogP contribution in [0.25, 0.3) is 0 Å². The lowest BCUT2D eigenvalue weighted by atomic mass is 10.1. The number of nitrogens with zero attached hydrogens (tertiary/aromatic N) is 1. The SMILES string of the molecule is Cc1ccc(NC(=O)CN(C)C(=O)COC(=O)c2c(C)cc(=O)oc2C)cc1. The monoisotopic (exact) mass is 386 g/mol. The number of anilines is 1. The summed E-state index contributed by atoms with van der Waals surface area (Å²) in [6.45, 7) is 4.25. The third-order valence-electron chi connectivity index (χ3n) is 4.01. The van der Waals surface area contributed by atoms with Crippen LogP contribution in [0.5, 0.6) is 0 Å². The molecule has 0 aliphatic carbocycles. The van der Waals surface area contributed by atoms with Crippen LogP contribution in [0.15, 0.2) is 39.5 Å². The molecule has 2 amide bonds. The van der Waals surface area contributed by atoms with Gasteiger partial charge in [-0.3, -0.25) is 9.59 Å². The Balaban J connectivity index is 1.88. The Hall–Kier alpha value is -3.42. The number of rotatable bonds is 6.